The topological polar surface area (TPSA) is 78.9 Å². The number of hydrogen-bond acceptors (Lipinski definition) is 7. The summed E-state index contributed by atoms with van der Waals surface area (Å²) in [4.78, 5) is 4.91. The van der Waals surface area contributed by atoms with Crippen LogP contribution in [-0.2, 0) is 10.0 Å². The van der Waals surface area contributed by atoms with Gasteiger partial charge < -0.3 is 14.5 Å². The number of para-hydroxylation sites is 2. The molecule has 1 aromatic heterocycles. The Labute approximate surface area is 207 Å². The molecular formula is C26H31N5O3S. The molecule has 2 aliphatic heterocycles. The first-order valence-corrected chi connectivity index (χ1v) is 13.5. The van der Waals surface area contributed by atoms with Gasteiger partial charge in [-0.3, -0.25) is 0 Å². The Bertz CT molecular complexity index is 1280. The molecule has 0 radical (unpaired) electrons. The fraction of sp³-hybridized carbons (Fsp3) is 0.385. The van der Waals surface area contributed by atoms with Gasteiger partial charge in [0, 0.05) is 44.8 Å². The Kier molecular flexibility index (Phi) is 6.62. The molecule has 8 nitrogen and oxygen atoms in total. The number of benzene rings is 2. The van der Waals surface area contributed by atoms with E-state index in [1.807, 2.05) is 49.4 Å². The first-order chi connectivity index (χ1) is 17.0. The quantitative estimate of drug-likeness (QED) is 0.519. The van der Waals surface area contributed by atoms with Crippen molar-refractivity contribution in [2.24, 2.45) is 0 Å². The number of anilines is 2. The fourth-order valence-electron chi connectivity index (χ4n) is 4.82. The van der Waals surface area contributed by atoms with Crippen LogP contribution < -0.4 is 14.5 Å². The SMILES string of the molecule is COc1ccccc1N1CCN(c2ccc(-c3ccc(C)c(S(=O)(=O)N4CCCC4)c3)nn2)CC1. The summed E-state index contributed by atoms with van der Waals surface area (Å²) in [6.45, 7) is 6.39. The number of piperazine rings is 1. The summed E-state index contributed by atoms with van der Waals surface area (Å²) < 4.78 is 33.4. The zero-order valence-electron chi connectivity index (χ0n) is 20.2. The maximum absolute atomic E-state index is 13.1. The number of hydrogen-bond donors (Lipinski definition) is 0. The predicted molar refractivity (Wildman–Crippen MR) is 138 cm³/mol. The lowest BCUT2D eigenvalue weighted by Gasteiger charge is -2.37. The first-order valence-electron chi connectivity index (χ1n) is 12.1. The van der Waals surface area contributed by atoms with E-state index < -0.39 is 10.0 Å². The van der Waals surface area contributed by atoms with E-state index in [1.165, 1.54) is 0 Å². The van der Waals surface area contributed by atoms with Crippen molar-refractivity contribution in [1.82, 2.24) is 14.5 Å². The molecule has 35 heavy (non-hydrogen) atoms. The van der Waals surface area contributed by atoms with E-state index in [0.29, 0.717) is 23.7 Å². The molecule has 0 spiro atoms. The summed E-state index contributed by atoms with van der Waals surface area (Å²) in [5, 5.41) is 8.92. The van der Waals surface area contributed by atoms with E-state index in [1.54, 1.807) is 17.5 Å². The van der Waals surface area contributed by atoms with Crippen molar-refractivity contribution in [2.45, 2.75) is 24.7 Å². The third-order valence-electron chi connectivity index (χ3n) is 6.85. The number of aryl methyl sites for hydroxylation is 1. The smallest absolute Gasteiger partial charge is 0.243 e. The van der Waals surface area contributed by atoms with E-state index in [0.717, 1.165) is 67.4 Å². The highest BCUT2D eigenvalue weighted by Crippen LogP contribution is 2.30. The average Bonchev–Trinajstić information content (AvgIpc) is 3.45. The summed E-state index contributed by atoms with van der Waals surface area (Å²) in [5.41, 5.74) is 3.28. The van der Waals surface area contributed by atoms with Gasteiger partial charge in [0.2, 0.25) is 10.0 Å². The Morgan fingerprint density at radius 1 is 0.829 bits per heavy atom. The van der Waals surface area contributed by atoms with Crippen LogP contribution in [0.2, 0.25) is 0 Å². The Morgan fingerprint density at radius 2 is 1.54 bits per heavy atom. The van der Waals surface area contributed by atoms with Crippen LogP contribution in [0.25, 0.3) is 11.3 Å². The lowest BCUT2D eigenvalue weighted by molar-refractivity contribution is 0.413. The second-order valence-corrected chi connectivity index (χ2v) is 10.9. The third-order valence-corrected chi connectivity index (χ3v) is 8.89. The maximum Gasteiger partial charge on any atom is 0.243 e. The van der Waals surface area contributed by atoms with Gasteiger partial charge in [-0.15, -0.1) is 10.2 Å². The molecule has 0 unspecified atom stereocenters. The van der Waals surface area contributed by atoms with Gasteiger partial charge in [0.1, 0.15) is 5.75 Å². The van der Waals surface area contributed by atoms with Crippen molar-refractivity contribution in [3.05, 3.63) is 60.2 Å². The Hall–Kier alpha value is -3.17. The molecule has 3 heterocycles. The molecule has 0 aliphatic carbocycles. The molecule has 2 fully saturated rings. The van der Waals surface area contributed by atoms with Gasteiger partial charge in [0.25, 0.3) is 0 Å². The van der Waals surface area contributed by atoms with E-state index in [4.69, 9.17) is 4.74 Å². The number of rotatable bonds is 6. The van der Waals surface area contributed by atoms with Crippen LogP contribution in [0.15, 0.2) is 59.5 Å². The predicted octanol–water partition coefficient (Wildman–Crippen LogP) is 3.57. The number of aromatic nitrogens is 2. The minimum absolute atomic E-state index is 0.357. The summed E-state index contributed by atoms with van der Waals surface area (Å²) in [7, 11) is -1.80. The van der Waals surface area contributed by atoms with E-state index >= 15 is 0 Å². The molecule has 184 valence electrons. The zero-order chi connectivity index (χ0) is 24.4. The second kappa shape index (κ2) is 9.83. The summed E-state index contributed by atoms with van der Waals surface area (Å²) in [6.07, 6.45) is 1.83. The van der Waals surface area contributed by atoms with Gasteiger partial charge in [0.15, 0.2) is 5.82 Å². The molecule has 9 heteroatoms. The number of ether oxygens (including phenoxy) is 1. The summed E-state index contributed by atoms with van der Waals surface area (Å²) >= 11 is 0. The van der Waals surface area contributed by atoms with Gasteiger partial charge in [-0.05, 0) is 55.7 Å². The van der Waals surface area contributed by atoms with E-state index in [2.05, 4.69) is 26.1 Å². The number of methoxy groups -OCH3 is 1. The maximum atomic E-state index is 13.1. The van der Waals surface area contributed by atoms with Crippen LogP contribution in [0, 0.1) is 6.92 Å². The van der Waals surface area contributed by atoms with E-state index in [-0.39, 0.29) is 0 Å². The van der Waals surface area contributed by atoms with Crippen LogP contribution >= 0.6 is 0 Å². The highest BCUT2D eigenvalue weighted by molar-refractivity contribution is 7.89. The number of sulfonamides is 1. The van der Waals surface area contributed by atoms with Crippen molar-refractivity contribution in [2.75, 3.05) is 56.2 Å². The van der Waals surface area contributed by atoms with Crippen molar-refractivity contribution in [3.8, 4) is 17.0 Å². The second-order valence-electron chi connectivity index (χ2n) is 9.01. The third kappa shape index (κ3) is 4.70. The molecule has 5 rings (SSSR count). The highest BCUT2D eigenvalue weighted by atomic mass is 32.2. The zero-order valence-corrected chi connectivity index (χ0v) is 21.0. The van der Waals surface area contributed by atoms with Gasteiger partial charge in [-0.2, -0.15) is 4.31 Å². The van der Waals surface area contributed by atoms with Gasteiger partial charge in [-0.1, -0.05) is 24.3 Å². The molecular weight excluding hydrogens is 462 g/mol. The highest BCUT2D eigenvalue weighted by Gasteiger charge is 2.29. The molecule has 2 aromatic carbocycles. The first kappa shape index (κ1) is 23.6. The van der Waals surface area contributed by atoms with Crippen LogP contribution in [0.3, 0.4) is 0 Å². The molecule has 0 atom stereocenters. The molecule has 2 saturated heterocycles. The van der Waals surface area contributed by atoms with Crippen LogP contribution in [0.1, 0.15) is 18.4 Å². The van der Waals surface area contributed by atoms with Gasteiger partial charge in [0.05, 0.1) is 23.4 Å². The van der Waals surface area contributed by atoms with Crippen molar-refractivity contribution in [1.29, 1.82) is 0 Å². The standard InChI is InChI=1S/C26H31N5O3S/c1-20-9-10-21(19-25(20)35(32,33)31-13-5-6-14-31)22-11-12-26(28-27-22)30-17-15-29(16-18-30)23-7-3-4-8-24(23)34-2/h3-4,7-12,19H,5-6,13-18H2,1-2H3. The number of nitrogens with zero attached hydrogens (tertiary/aromatic N) is 5. The van der Waals surface area contributed by atoms with Crippen molar-refractivity contribution in [3.63, 3.8) is 0 Å². The van der Waals surface area contributed by atoms with Crippen molar-refractivity contribution < 1.29 is 13.2 Å². The van der Waals surface area contributed by atoms with Crippen molar-refractivity contribution >= 4 is 21.5 Å². The monoisotopic (exact) mass is 493 g/mol. The molecule has 2 aliphatic rings. The Balaban J connectivity index is 1.30. The largest absolute Gasteiger partial charge is 0.495 e. The summed E-state index contributed by atoms with van der Waals surface area (Å²) in [5.74, 6) is 1.71. The van der Waals surface area contributed by atoms with Crippen LogP contribution in [0.4, 0.5) is 11.5 Å². The van der Waals surface area contributed by atoms with Crippen LogP contribution in [-0.4, -0.2) is 69.3 Å². The lowest BCUT2D eigenvalue weighted by atomic mass is 10.1. The average molecular weight is 494 g/mol. The fourth-order valence-corrected chi connectivity index (χ4v) is 6.59. The molecule has 0 amide bonds. The van der Waals surface area contributed by atoms with Gasteiger partial charge in [-0.25, -0.2) is 8.42 Å². The van der Waals surface area contributed by atoms with Gasteiger partial charge >= 0.3 is 0 Å². The minimum atomic E-state index is -3.50. The summed E-state index contributed by atoms with van der Waals surface area (Å²) in [6, 6.07) is 17.5. The van der Waals surface area contributed by atoms with Crippen LogP contribution in [0.5, 0.6) is 5.75 Å². The minimum Gasteiger partial charge on any atom is -0.495 e. The lowest BCUT2D eigenvalue weighted by Crippen LogP contribution is -2.47. The molecule has 0 N–H and O–H groups in total. The normalized spacial score (nSPS) is 17.1. The molecule has 0 bridgehead atoms. The Morgan fingerprint density at radius 3 is 2.23 bits per heavy atom. The molecule has 0 saturated carbocycles. The molecule has 3 aromatic rings. The van der Waals surface area contributed by atoms with E-state index in [9.17, 15) is 8.42 Å².